The van der Waals surface area contributed by atoms with Crippen LogP contribution >= 0.6 is 15.9 Å². The standard InChI is InChI=1S/C11H16BrFN2/c1-15(2)7-6-14-8-9-4-3-5-10(12)11(9)13/h3-5,14H,6-8H2,1-2H3. The summed E-state index contributed by atoms with van der Waals surface area (Å²) in [6.07, 6.45) is 0. The third kappa shape index (κ3) is 4.28. The van der Waals surface area contributed by atoms with Gasteiger partial charge in [0.15, 0.2) is 0 Å². The molecular formula is C11H16BrFN2. The first-order valence-electron chi connectivity index (χ1n) is 4.89. The van der Waals surface area contributed by atoms with Crippen molar-refractivity contribution in [1.29, 1.82) is 0 Å². The van der Waals surface area contributed by atoms with E-state index in [0.29, 0.717) is 16.6 Å². The van der Waals surface area contributed by atoms with Gasteiger partial charge in [0.1, 0.15) is 5.82 Å². The van der Waals surface area contributed by atoms with E-state index in [9.17, 15) is 4.39 Å². The smallest absolute Gasteiger partial charge is 0.141 e. The van der Waals surface area contributed by atoms with Gasteiger partial charge in [0.05, 0.1) is 4.47 Å². The zero-order valence-electron chi connectivity index (χ0n) is 9.06. The highest BCUT2D eigenvalue weighted by Gasteiger charge is 2.04. The second-order valence-electron chi connectivity index (χ2n) is 3.69. The second kappa shape index (κ2) is 6.20. The number of hydrogen-bond donors (Lipinski definition) is 1. The van der Waals surface area contributed by atoms with E-state index in [-0.39, 0.29) is 5.82 Å². The van der Waals surface area contributed by atoms with Gasteiger partial charge in [-0.05, 0) is 36.1 Å². The van der Waals surface area contributed by atoms with Crippen molar-refractivity contribution >= 4 is 15.9 Å². The lowest BCUT2D eigenvalue weighted by molar-refractivity contribution is 0.399. The number of rotatable bonds is 5. The molecule has 1 aromatic carbocycles. The van der Waals surface area contributed by atoms with Crippen LogP contribution in [0.4, 0.5) is 4.39 Å². The Morgan fingerprint density at radius 3 is 2.80 bits per heavy atom. The molecular weight excluding hydrogens is 259 g/mol. The number of likely N-dealkylation sites (N-methyl/N-ethyl adjacent to an activating group) is 1. The maximum absolute atomic E-state index is 13.5. The van der Waals surface area contributed by atoms with Crippen LogP contribution in [-0.2, 0) is 6.54 Å². The zero-order valence-corrected chi connectivity index (χ0v) is 10.6. The summed E-state index contributed by atoms with van der Waals surface area (Å²) in [5, 5.41) is 3.20. The Labute approximate surface area is 98.6 Å². The molecule has 0 saturated carbocycles. The first-order chi connectivity index (χ1) is 7.11. The Morgan fingerprint density at radius 2 is 2.13 bits per heavy atom. The van der Waals surface area contributed by atoms with Gasteiger partial charge in [-0.1, -0.05) is 12.1 Å². The van der Waals surface area contributed by atoms with Crippen LogP contribution in [0, 0.1) is 5.82 Å². The number of benzene rings is 1. The van der Waals surface area contributed by atoms with Gasteiger partial charge in [-0.2, -0.15) is 0 Å². The predicted molar refractivity (Wildman–Crippen MR) is 64.4 cm³/mol. The highest BCUT2D eigenvalue weighted by molar-refractivity contribution is 9.10. The summed E-state index contributed by atoms with van der Waals surface area (Å²) < 4.78 is 14.0. The van der Waals surface area contributed by atoms with Crippen LogP contribution in [0.25, 0.3) is 0 Å². The minimum absolute atomic E-state index is 0.171. The molecule has 1 rings (SSSR count). The van der Waals surface area contributed by atoms with E-state index < -0.39 is 0 Å². The fourth-order valence-corrected chi connectivity index (χ4v) is 1.62. The van der Waals surface area contributed by atoms with Crippen molar-refractivity contribution in [2.75, 3.05) is 27.2 Å². The van der Waals surface area contributed by atoms with E-state index >= 15 is 0 Å². The summed E-state index contributed by atoms with van der Waals surface area (Å²) in [5.74, 6) is -0.171. The highest BCUT2D eigenvalue weighted by atomic mass is 79.9. The van der Waals surface area contributed by atoms with Crippen LogP contribution in [0.3, 0.4) is 0 Å². The lowest BCUT2D eigenvalue weighted by Crippen LogP contribution is -2.26. The van der Waals surface area contributed by atoms with Crippen LogP contribution in [0.5, 0.6) is 0 Å². The summed E-state index contributed by atoms with van der Waals surface area (Å²) in [5.41, 5.74) is 0.697. The molecule has 0 radical (unpaired) electrons. The van der Waals surface area contributed by atoms with Crippen molar-refractivity contribution in [3.05, 3.63) is 34.1 Å². The molecule has 0 fully saturated rings. The van der Waals surface area contributed by atoms with Crippen molar-refractivity contribution in [2.45, 2.75) is 6.54 Å². The average Bonchev–Trinajstić information content (AvgIpc) is 2.18. The Bertz CT molecular complexity index is 315. The Balaban J connectivity index is 2.41. The first-order valence-corrected chi connectivity index (χ1v) is 5.69. The molecule has 1 aromatic rings. The van der Waals surface area contributed by atoms with Crippen LogP contribution in [0.15, 0.2) is 22.7 Å². The minimum Gasteiger partial charge on any atom is -0.311 e. The number of nitrogens with one attached hydrogen (secondary N) is 1. The number of halogens is 2. The van der Waals surface area contributed by atoms with Crippen LogP contribution in [0.1, 0.15) is 5.56 Å². The average molecular weight is 275 g/mol. The quantitative estimate of drug-likeness (QED) is 0.829. The highest BCUT2D eigenvalue weighted by Crippen LogP contribution is 2.18. The lowest BCUT2D eigenvalue weighted by atomic mass is 10.2. The first kappa shape index (κ1) is 12.6. The van der Waals surface area contributed by atoms with E-state index in [1.807, 2.05) is 20.2 Å². The maximum atomic E-state index is 13.5. The minimum atomic E-state index is -0.171. The lowest BCUT2D eigenvalue weighted by Gasteiger charge is -2.10. The third-order valence-electron chi connectivity index (χ3n) is 2.08. The molecule has 1 N–H and O–H groups in total. The molecule has 0 atom stereocenters. The molecule has 0 saturated heterocycles. The summed E-state index contributed by atoms with van der Waals surface area (Å²) in [6.45, 7) is 2.38. The number of hydrogen-bond acceptors (Lipinski definition) is 2. The monoisotopic (exact) mass is 274 g/mol. The van der Waals surface area contributed by atoms with Crippen LogP contribution in [0.2, 0.25) is 0 Å². The Morgan fingerprint density at radius 1 is 1.40 bits per heavy atom. The van der Waals surface area contributed by atoms with E-state index in [0.717, 1.165) is 13.1 Å². The molecule has 4 heteroatoms. The van der Waals surface area contributed by atoms with Crippen molar-refractivity contribution in [1.82, 2.24) is 10.2 Å². The van der Waals surface area contributed by atoms with E-state index in [1.54, 1.807) is 12.1 Å². The van der Waals surface area contributed by atoms with Crippen molar-refractivity contribution in [3.63, 3.8) is 0 Å². The van der Waals surface area contributed by atoms with Gasteiger partial charge in [0, 0.05) is 25.2 Å². The summed E-state index contributed by atoms with van der Waals surface area (Å²) in [7, 11) is 4.03. The fourth-order valence-electron chi connectivity index (χ4n) is 1.21. The predicted octanol–water partition coefficient (Wildman–Crippen LogP) is 2.24. The SMILES string of the molecule is CN(C)CCNCc1cccc(Br)c1F. The third-order valence-corrected chi connectivity index (χ3v) is 2.70. The van der Waals surface area contributed by atoms with Gasteiger partial charge in [0.25, 0.3) is 0 Å². The largest absolute Gasteiger partial charge is 0.311 e. The van der Waals surface area contributed by atoms with Crippen molar-refractivity contribution in [2.24, 2.45) is 0 Å². The van der Waals surface area contributed by atoms with Crippen molar-refractivity contribution < 1.29 is 4.39 Å². The van der Waals surface area contributed by atoms with Gasteiger partial charge in [-0.15, -0.1) is 0 Å². The molecule has 0 heterocycles. The molecule has 0 aliphatic heterocycles. The van der Waals surface area contributed by atoms with Gasteiger partial charge in [0.2, 0.25) is 0 Å². The molecule has 2 nitrogen and oxygen atoms in total. The molecule has 0 unspecified atom stereocenters. The normalized spacial score (nSPS) is 11.0. The molecule has 0 aliphatic carbocycles. The summed E-state index contributed by atoms with van der Waals surface area (Å²) in [6, 6.07) is 5.34. The van der Waals surface area contributed by atoms with E-state index in [4.69, 9.17) is 0 Å². The second-order valence-corrected chi connectivity index (χ2v) is 4.55. The zero-order chi connectivity index (χ0) is 11.3. The molecule has 0 amide bonds. The van der Waals surface area contributed by atoms with Crippen molar-refractivity contribution in [3.8, 4) is 0 Å². The molecule has 0 spiro atoms. The summed E-state index contributed by atoms with van der Waals surface area (Å²) >= 11 is 3.17. The van der Waals surface area contributed by atoms with E-state index in [2.05, 4.69) is 26.1 Å². The molecule has 84 valence electrons. The number of nitrogens with zero attached hydrogens (tertiary/aromatic N) is 1. The van der Waals surface area contributed by atoms with E-state index in [1.165, 1.54) is 0 Å². The molecule has 15 heavy (non-hydrogen) atoms. The van der Waals surface area contributed by atoms with Crippen LogP contribution < -0.4 is 5.32 Å². The summed E-state index contributed by atoms with van der Waals surface area (Å²) in [4.78, 5) is 2.09. The molecule has 0 bridgehead atoms. The van der Waals surface area contributed by atoms with Gasteiger partial charge in [-0.25, -0.2) is 4.39 Å². The fraction of sp³-hybridized carbons (Fsp3) is 0.455. The maximum Gasteiger partial charge on any atom is 0.141 e. The van der Waals surface area contributed by atoms with Gasteiger partial charge < -0.3 is 10.2 Å². The van der Waals surface area contributed by atoms with Gasteiger partial charge >= 0.3 is 0 Å². The molecule has 0 aromatic heterocycles. The Hall–Kier alpha value is -0.450. The Kier molecular flexibility index (Phi) is 5.22. The van der Waals surface area contributed by atoms with Gasteiger partial charge in [-0.3, -0.25) is 0 Å². The topological polar surface area (TPSA) is 15.3 Å². The molecule has 0 aliphatic rings. The van der Waals surface area contributed by atoms with Crippen LogP contribution in [-0.4, -0.2) is 32.1 Å².